The summed E-state index contributed by atoms with van der Waals surface area (Å²) in [6.07, 6.45) is 9.88. The molecule has 0 radical (unpaired) electrons. The summed E-state index contributed by atoms with van der Waals surface area (Å²) in [6.45, 7) is 19.0. The van der Waals surface area contributed by atoms with Crippen LogP contribution >= 0.6 is 0 Å². The molecule has 1 fully saturated rings. The molecule has 6 heteroatoms. The Bertz CT molecular complexity index is 1150. The van der Waals surface area contributed by atoms with E-state index < -0.39 is 5.60 Å². The average Bonchev–Trinajstić information content (AvgIpc) is 2.93. The Kier molecular flexibility index (Phi) is 14.2. The van der Waals surface area contributed by atoms with Gasteiger partial charge < -0.3 is 20.6 Å². The summed E-state index contributed by atoms with van der Waals surface area (Å²) in [4.78, 5) is 14.6. The molecule has 0 saturated carbocycles. The number of nitrogens with zero attached hydrogens (tertiary/aromatic N) is 1. The molecule has 0 spiro atoms. The van der Waals surface area contributed by atoms with Gasteiger partial charge in [-0.2, -0.15) is 0 Å². The molecular formula is C36H57N3O3. The molecule has 42 heavy (non-hydrogen) atoms. The van der Waals surface area contributed by atoms with Crippen LogP contribution in [0.25, 0.3) is 5.57 Å². The molecule has 0 bridgehead atoms. The predicted molar refractivity (Wildman–Crippen MR) is 177 cm³/mol. The first kappa shape index (κ1) is 35.5. The summed E-state index contributed by atoms with van der Waals surface area (Å²) in [5.74, 6) is 1.40. The van der Waals surface area contributed by atoms with Gasteiger partial charge in [0.15, 0.2) is 0 Å². The summed E-state index contributed by atoms with van der Waals surface area (Å²) in [5.41, 5.74) is 7.45. The van der Waals surface area contributed by atoms with E-state index >= 15 is 0 Å². The number of ether oxygens (including phenoxy) is 1. The van der Waals surface area contributed by atoms with Crippen molar-refractivity contribution in [1.82, 2.24) is 10.2 Å². The van der Waals surface area contributed by atoms with Crippen molar-refractivity contribution in [3.63, 3.8) is 0 Å². The molecule has 3 N–H and O–H groups in total. The highest BCUT2D eigenvalue weighted by molar-refractivity contribution is 5.96. The van der Waals surface area contributed by atoms with Crippen LogP contribution in [0.1, 0.15) is 110 Å². The van der Waals surface area contributed by atoms with Gasteiger partial charge in [0.05, 0.1) is 25.0 Å². The number of allylic oxidation sites excluding steroid dienone is 6. The number of carbonyl (C=O) groups excluding carboxylic acids is 1. The number of benzene rings is 1. The standard InChI is InChI=1S/C36H57N3O3/c1-10-13-30(27(12-3)22-33(42-9)32(37)14-11-2)35(25(4)5)31-21-29(16-15-26(31)6)28-17-19-39(20-18-28)23-34(40)38-24-36(7,8)41/h12,15-16,21-22,25,28,37,41H,10-11,13-14,17-20,23-24H2,1-9H3,(H,38,40)/b27-12+,33-22+,35-30+,37-32?. The van der Waals surface area contributed by atoms with Crippen molar-refractivity contribution in [1.29, 1.82) is 5.41 Å². The monoisotopic (exact) mass is 579 g/mol. The highest BCUT2D eigenvalue weighted by Gasteiger charge is 2.25. The number of hydrogen-bond donors (Lipinski definition) is 3. The number of piperidine rings is 1. The molecule has 0 aromatic heterocycles. The Balaban J connectivity index is 2.38. The third-order valence-corrected chi connectivity index (χ3v) is 8.06. The quantitative estimate of drug-likeness (QED) is 0.114. The largest absolute Gasteiger partial charge is 0.495 e. The Morgan fingerprint density at radius 2 is 1.83 bits per heavy atom. The van der Waals surface area contributed by atoms with Gasteiger partial charge in [0, 0.05) is 6.54 Å². The third kappa shape index (κ3) is 10.5. The van der Waals surface area contributed by atoms with Crippen LogP contribution in [0.5, 0.6) is 0 Å². The average molecular weight is 580 g/mol. The van der Waals surface area contributed by atoms with E-state index in [1.165, 1.54) is 27.8 Å². The van der Waals surface area contributed by atoms with E-state index in [-0.39, 0.29) is 12.5 Å². The van der Waals surface area contributed by atoms with Crippen molar-refractivity contribution < 1.29 is 14.6 Å². The van der Waals surface area contributed by atoms with Crippen LogP contribution < -0.4 is 5.32 Å². The normalized spacial score (nSPS) is 16.5. The van der Waals surface area contributed by atoms with Crippen LogP contribution in [-0.4, -0.2) is 60.5 Å². The lowest BCUT2D eigenvalue weighted by Crippen LogP contribution is -2.45. The van der Waals surface area contributed by atoms with Crippen LogP contribution in [0, 0.1) is 18.3 Å². The number of likely N-dealkylation sites (tertiary alicyclic amines) is 1. The van der Waals surface area contributed by atoms with Crippen LogP contribution in [-0.2, 0) is 9.53 Å². The minimum absolute atomic E-state index is 0.0290. The van der Waals surface area contributed by atoms with Crippen LogP contribution in [0.4, 0.5) is 0 Å². The predicted octanol–water partition coefficient (Wildman–Crippen LogP) is 7.57. The van der Waals surface area contributed by atoms with Gasteiger partial charge in [-0.1, -0.05) is 64.8 Å². The van der Waals surface area contributed by atoms with E-state index in [0.29, 0.717) is 36.3 Å². The second-order valence-electron chi connectivity index (χ2n) is 12.7. The smallest absolute Gasteiger partial charge is 0.234 e. The maximum absolute atomic E-state index is 12.4. The molecule has 234 valence electrons. The highest BCUT2D eigenvalue weighted by Crippen LogP contribution is 2.38. The van der Waals surface area contributed by atoms with Gasteiger partial charge in [-0.25, -0.2) is 0 Å². The summed E-state index contributed by atoms with van der Waals surface area (Å²) in [5, 5.41) is 21.3. The molecule has 6 nitrogen and oxygen atoms in total. The van der Waals surface area contributed by atoms with E-state index in [4.69, 9.17) is 10.1 Å². The van der Waals surface area contributed by atoms with Gasteiger partial charge in [0.25, 0.3) is 0 Å². The highest BCUT2D eigenvalue weighted by atomic mass is 16.5. The first-order valence-electron chi connectivity index (χ1n) is 15.9. The van der Waals surface area contributed by atoms with Gasteiger partial charge in [-0.3, -0.25) is 9.69 Å². The second kappa shape index (κ2) is 16.8. The summed E-state index contributed by atoms with van der Waals surface area (Å²) < 4.78 is 5.69. The Morgan fingerprint density at radius 3 is 2.36 bits per heavy atom. The first-order chi connectivity index (χ1) is 19.8. The summed E-state index contributed by atoms with van der Waals surface area (Å²) in [7, 11) is 1.66. The zero-order chi connectivity index (χ0) is 31.4. The van der Waals surface area contributed by atoms with Crippen molar-refractivity contribution in [2.75, 3.05) is 33.3 Å². The van der Waals surface area contributed by atoms with Crippen molar-refractivity contribution in [2.45, 2.75) is 105 Å². The van der Waals surface area contributed by atoms with E-state index in [0.717, 1.165) is 50.8 Å². The van der Waals surface area contributed by atoms with Crippen molar-refractivity contribution >= 4 is 17.2 Å². The molecule has 1 aromatic rings. The number of amides is 1. The fourth-order valence-electron chi connectivity index (χ4n) is 5.82. The van der Waals surface area contributed by atoms with Gasteiger partial charge in [0.1, 0.15) is 5.76 Å². The van der Waals surface area contributed by atoms with E-state index in [1.54, 1.807) is 21.0 Å². The summed E-state index contributed by atoms with van der Waals surface area (Å²) >= 11 is 0. The number of aliphatic hydroxyl groups is 1. The number of hydrogen-bond acceptors (Lipinski definition) is 5. The minimum atomic E-state index is -0.903. The fourth-order valence-corrected chi connectivity index (χ4v) is 5.82. The number of carbonyl (C=O) groups is 1. The molecule has 1 heterocycles. The number of aryl methyl sites for hydroxylation is 1. The number of nitrogens with one attached hydrogen (secondary N) is 2. The van der Waals surface area contributed by atoms with Crippen molar-refractivity contribution in [2.24, 2.45) is 5.92 Å². The molecule has 1 saturated heterocycles. The van der Waals surface area contributed by atoms with Gasteiger partial charge >= 0.3 is 0 Å². The maximum atomic E-state index is 12.4. The zero-order valence-corrected chi connectivity index (χ0v) is 27.8. The van der Waals surface area contributed by atoms with Gasteiger partial charge in [-0.05, 0) is 118 Å². The van der Waals surface area contributed by atoms with Crippen molar-refractivity contribution in [3.05, 3.63) is 63.9 Å². The van der Waals surface area contributed by atoms with Crippen molar-refractivity contribution in [3.8, 4) is 0 Å². The lowest BCUT2D eigenvalue weighted by Gasteiger charge is -2.32. The van der Waals surface area contributed by atoms with Crippen LogP contribution in [0.15, 0.2) is 47.3 Å². The SMILES string of the molecule is C/C=C(\C=C(\OC)C(=N)CCC)C(/CCC)=C(/c1cc(C2CCN(CC(=O)NCC(C)(C)O)CC2)ccc1C)C(C)C. The van der Waals surface area contributed by atoms with E-state index in [2.05, 4.69) is 82.1 Å². The Hall–Kier alpha value is -2.70. The molecule has 1 aromatic carbocycles. The van der Waals surface area contributed by atoms with E-state index in [9.17, 15) is 9.90 Å². The number of rotatable bonds is 15. The van der Waals surface area contributed by atoms with Gasteiger partial charge in [-0.15, -0.1) is 0 Å². The minimum Gasteiger partial charge on any atom is -0.495 e. The molecule has 1 aliphatic rings. The lowest BCUT2D eigenvalue weighted by atomic mass is 9.80. The Morgan fingerprint density at radius 1 is 1.19 bits per heavy atom. The fraction of sp³-hybridized carbons (Fsp3) is 0.611. The second-order valence-corrected chi connectivity index (χ2v) is 12.7. The topological polar surface area (TPSA) is 85.7 Å². The molecule has 0 atom stereocenters. The van der Waals surface area contributed by atoms with Gasteiger partial charge in [0.2, 0.25) is 5.91 Å². The first-order valence-corrected chi connectivity index (χ1v) is 15.9. The Labute approximate surface area is 255 Å². The molecular weight excluding hydrogens is 522 g/mol. The molecule has 1 aliphatic heterocycles. The molecule has 2 rings (SSSR count). The van der Waals surface area contributed by atoms with E-state index in [1.807, 2.05) is 0 Å². The molecule has 0 unspecified atom stereocenters. The molecule has 1 amide bonds. The van der Waals surface area contributed by atoms with Crippen LogP contribution in [0.3, 0.4) is 0 Å². The zero-order valence-electron chi connectivity index (χ0n) is 27.8. The molecule has 0 aliphatic carbocycles. The lowest BCUT2D eigenvalue weighted by molar-refractivity contribution is -0.123. The third-order valence-electron chi connectivity index (χ3n) is 8.06. The maximum Gasteiger partial charge on any atom is 0.234 e. The summed E-state index contributed by atoms with van der Waals surface area (Å²) in [6, 6.07) is 6.98. The number of methoxy groups -OCH3 is 1. The van der Waals surface area contributed by atoms with Crippen LogP contribution in [0.2, 0.25) is 0 Å².